The van der Waals surface area contributed by atoms with E-state index in [4.69, 9.17) is 16.6 Å². The standard InChI is InChI=1S/C20H12ClN3S/c21-17-8-6-15(7-9-17)19-18(24-10-11-25-20(24)23-19)12-16(13-22)14-4-2-1-3-5-14/h1-12H/b16-12+. The predicted molar refractivity (Wildman–Crippen MR) is 103 cm³/mol. The number of nitrogens with zero attached hydrogens (tertiary/aromatic N) is 3. The lowest BCUT2D eigenvalue weighted by Crippen LogP contribution is -1.88. The molecule has 0 unspecified atom stereocenters. The maximum atomic E-state index is 9.64. The molecular weight excluding hydrogens is 350 g/mol. The lowest BCUT2D eigenvalue weighted by Gasteiger charge is -2.03. The smallest absolute Gasteiger partial charge is 0.194 e. The van der Waals surface area contributed by atoms with Crippen LogP contribution in [0.4, 0.5) is 0 Å². The highest BCUT2D eigenvalue weighted by Gasteiger charge is 2.14. The van der Waals surface area contributed by atoms with Gasteiger partial charge in [0.1, 0.15) is 0 Å². The molecule has 25 heavy (non-hydrogen) atoms. The number of rotatable bonds is 3. The van der Waals surface area contributed by atoms with E-state index in [1.807, 2.05) is 76.7 Å². The van der Waals surface area contributed by atoms with Gasteiger partial charge in [-0.3, -0.25) is 4.40 Å². The zero-order valence-corrected chi connectivity index (χ0v) is 14.6. The van der Waals surface area contributed by atoms with E-state index in [2.05, 4.69) is 6.07 Å². The molecule has 0 radical (unpaired) electrons. The summed E-state index contributed by atoms with van der Waals surface area (Å²) in [6.45, 7) is 0. The van der Waals surface area contributed by atoms with Gasteiger partial charge in [0.15, 0.2) is 4.96 Å². The van der Waals surface area contributed by atoms with Crippen LogP contribution in [-0.2, 0) is 0 Å². The molecule has 2 heterocycles. The summed E-state index contributed by atoms with van der Waals surface area (Å²) < 4.78 is 2.01. The summed E-state index contributed by atoms with van der Waals surface area (Å²) in [6.07, 6.45) is 3.87. The van der Waals surface area contributed by atoms with Crippen LogP contribution < -0.4 is 0 Å². The summed E-state index contributed by atoms with van der Waals surface area (Å²) in [5.74, 6) is 0. The molecule has 0 saturated heterocycles. The summed E-state index contributed by atoms with van der Waals surface area (Å²) in [6, 6.07) is 19.5. The van der Waals surface area contributed by atoms with E-state index in [0.29, 0.717) is 10.6 Å². The van der Waals surface area contributed by atoms with Crippen molar-refractivity contribution in [3.8, 4) is 17.3 Å². The fourth-order valence-electron chi connectivity index (χ4n) is 2.70. The number of hydrogen-bond acceptors (Lipinski definition) is 3. The Hall–Kier alpha value is -2.87. The fraction of sp³-hybridized carbons (Fsp3) is 0. The van der Waals surface area contributed by atoms with Gasteiger partial charge in [-0.25, -0.2) is 4.98 Å². The number of benzene rings is 2. The third-order valence-corrected chi connectivity index (χ3v) is 4.91. The van der Waals surface area contributed by atoms with E-state index in [1.165, 1.54) is 0 Å². The molecule has 2 aromatic carbocycles. The van der Waals surface area contributed by atoms with Gasteiger partial charge in [-0.2, -0.15) is 5.26 Å². The largest absolute Gasteiger partial charge is 0.290 e. The first kappa shape index (κ1) is 15.6. The Bertz CT molecular complexity index is 1100. The topological polar surface area (TPSA) is 41.1 Å². The molecule has 0 saturated carbocycles. The zero-order chi connectivity index (χ0) is 17.2. The van der Waals surface area contributed by atoms with Crippen molar-refractivity contribution in [3.63, 3.8) is 0 Å². The Morgan fingerprint density at radius 2 is 1.88 bits per heavy atom. The van der Waals surface area contributed by atoms with Gasteiger partial charge in [0, 0.05) is 22.2 Å². The molecule has 2 aromatic heterocycles. The minimum Gasteiger partial charge on any atom is -0.290 e. The van der Waals surface area contributed by atoms with Crippen LogP contribution in [0.3, 0.4) is 0 Å². The third-order valence-electron chi connectivity index (χ3n) is 3.90. The average molecular weight is 362 g/mol. The van der Waals surface area contributed by atoms with Gasteiger partial charge in [0.05, 0.1) is 23.0 Å². The number of aromatic nitrogens is 2. The van der Waals surface area contributed by atoms with Crippen LogP contribution in [0.15, 0.2) is 66.2 Å². The highest BCUT2D eigenvalue weighted by Crippen LogP contribution is 2.30. The molecule has 5 heteroatoms. The van der Waals surface area contributed by atoms with Gasteiger partial charge in [0.2, 0.25) is 0 Å². The highest BCUT2D eigenvalue weighted by atomic mass is 35.5. The van der Waals surface area contributed by atoms with Crippen LogP contribution in [0.1, 0.15) is 11.3 Å². The Morgan fingerprint density at radius 3 is 2.60 bits per heavy atom. The van der Waals surface area contributed by atoms with Crippen LogP contribution in [0.25, 0.3) is 27.9 Å². The Balaban J connectivity index is 1.93. The highest BCUT2D eigenvalue weighted by molar-refractivity contribution is 7.15. The van der Waals surface area contributed by atoms with E-state index in [1.54, 1.807) is 11.3 Å². The van der Waals surface area contributed by atoms with E-state index in [0.717, 1.165) is 27.5 Å². The summed E-state index contributed by atoms with van der Waals surface area (Å²) in [7, 11) is 0. The van der Waals surface area contributed by atoms with Crippen molar-refractivity contribution in [3.05, 3.63) is 82.5 Å². The van der Waals surface area contributed by atoms with E-state index in [9.17, 15) is 5.26 Å². The molecule has 4 rings (SSSR count). The first-order valence-electron chi connectivity index (χ1n) is 7.65. The zero-order valence-electron chi connectivity index (χ0n) is 13.1. The molecule has 0 fully saturated rings. The van der Waals surface area contributed by atoms with Gasteiger partial charge in [-0.1, -0.05) is 54.1 Å². The van der Waals surface area contributed by atoms with E-state index < -0.39 is 0 Å². The van der Waals surface area contributed by atoms with Crippen LogP contribution in [0, 0.1) is 11.3 Å². The number of halogens is 1. The van der Waals surface area contributed by atoms with Crippen molar-refractivity contribution < 1.29 is 0 Å². The van der Waals surface area contributed by atoms with Crippen LogP contribution in [0.2, 0.25) is 5.02 Å². The molecule has 0 aliphatic carbocycles. The number of thiazole rings is 1. The minimum atomic E-state index is 0.601. The van der Waals surface area contributed by atoms with E-state index >= 15 is 0 Å². The second kappa shape index (κ2) is 6.56. The second-order valence-corrected chi connectivity index (χ2v) is 6.75. The fourth-order valence-corrected chi connectivity index (χ4v) is 3.54. The van der Waals surface area contributed by atoms with Crippen LogP contribution in [-0.4, -0.2) is 9.38 Å². The normalized spacial score (nSPS) is 11.6. The molecule has 3 nitrogen and oxygen atoms in total. The molecule has 4 aromatic rings. The van der Waals surface area contributed by atoms with Crippen molar-refractivity contribution in [1.82, 2.24) is 9.38 Å². The molecule has 0 aliphatic heterocycles. The third kappa shape index (κ3) is 2.96. The Kier molecular flexibility index (Phi) is 4.10. The number of allylic oxidation sites excluding steroid dienone is 1. The monoisotopic (exact) mass is 361 g/mol. The molecule has 0 aliphatic rings. The first-order valence-corrected chi connectivity index (χ1v) is 8.91. The summed E-state index contributed by atoms with van der Waals surface area (Å²) >= 11 is 7.57. The summed E-state index contributed by atoms with van der Waals surface area (Å²) in [5.41, 5.74) is 4.18. The SMILES string of the molecule is N#C/C(=C\c1c(-c2ccc(Cl)cc2)nc2sccn12)c1ccccc1. The lowest BCUT2D eigenvalue weighted by molar-refractivity contribution is 1.21. The van der Waals surface area contributed by atoms with Crippen molar-refractivity contribution >= 4 is 39.5 Å². The van der Waals surface area contributed by atoms with Crippen LogP contribution >= 0.6 is 22.9 Å². The first-order chi connectivity index (χ1) is 12.3. The number of fused-ring (bicyclic) bond motifs is 1. The molecule has 0 spiro atoms. The van der Waals surface area contributed by atoms with Gasteiger partial charge >= 0.3 is 0 Å². The molecular formula is C20H12ClN3S. The van der Waals surface area contributed by atoms with Crippen molar-refractivity contribution in [2.24, 2.45) is 0 Å². The van der Waals surface area contributed by atoms with Crippen molar-refractivity contribution in [2.75, 3.05) is 0 Å². The predicted octanol–water partition coefficient (Wildman–Crippen LogP) is 5.78. The quantitative estimate of drug-likeness (QED) is 0.434. The second-order valence-electron chi connectivity index (χ2n) is 5.44. The number of nitriles is 1. The Morgan fingerprint density at radius 1 is 1.12 bits per heavy atom. The van der Waals surface area contributed by atoms with Gasteiger partial charge in [-0.05, 0) is 23.8 Å². The maximum Gasteiger partial charge on any atom is 0.194 e. The Labute approximate surface area is 154 Å². The van der Waals surface area contributed by atoms with Crippen molar-refractivity contribution in [2.45, 2.75) is 0 Å². The van der Waals surface area contributed by atoms with Crippen LogP contribution in [0.5, 0.6) is 0 Å². The molecule has 0 atom stereocenters. The van der Waals surface area contributed by atoms with E-state index in [-0.39, 0.29) is 0 Å². The van der Waals surface area contributed by atoms with Gasteiger partial charge in [-0.15, -0.1) is 11.3 Å². The molecule has 0 bridgehead atoms. The van der Waals surface area contributed by atoms with Gasteiger partial charge < -0.3 is 0 Å². The molecule has 0 amide bonds. The van der Waals surface area contributed by atoms with Gasteiger partial charge in [0.25, 0.3) is 0 Å². The average Bonchev–Trinajstić information content (AvgIpc) is 3.23. The summed E-state index contributed by atoms with van der Waals surface area (Å²) in [4.78, 5) is 5.63. The molecule has 120 valence electrons. The van der Waals surface area contributed by atoms with Crippen molar-refractivity contribution in [1.29, 1.82) is 5.26 Å². The lowest BCUT2D eigenvalue weighted by atomic mass is 10.0. The number of hydrogen-bond donors (Lipinski definition) is 0. The number of imidazole rings is 1. The molecule has 0 N–H and O–H groups in total. The maximum absolute atomic E-state index is 9.64. The minimum absolute atomic E-state index is 0.601. The summed E-state index contributed by atoms with van der Waals surface area (Å²) in [5, 5.41) is 12.3.